The molecule has 0 unspecified atom stereocenters. The molecule has 0 atom stereocenters. The van der Waals surface area contributed by atoms with Crippen molar-refractivity contribution in [3.8, 4) is 5.75 Å². The fraction of sp³-hybridized carbons (Fsp3) is 0.300. The minimum Gasteiger partial charge on any atom is -0.486 e. The van der Waals surface area contributed by atoms with E-state index in [2.05, 4.69) is 17.3 Å². The number of aromatic nitrogens is 2. The zero-order valence-electron chi connectivity index (χ0n) is 15.3. The Hall–Kier alpha value is -3.02. The number of nitrogens with one attached hydrogen (secondary N) is 1. The second-order valence-electron chi connectivity index (χ2n) is 5.99. The molecule has 0 fully saturated rings. The van der Waals surface area contributed by atoms with Gasteiger partial charge in [-0.05, 0) is 50.1 Å². The quantitative estimate of drug-likeness (QED) is 0.691. The monoisotopic (exact) mass is 353 g/mol. The lowest BCUT2D eigenvalue weighted by atomic mass is 10.2. The van der Waals surface area contributed by atoms with Gasteiger partial charge in [0.25, 0.3) is 5.91 Å². The number of furan rings is 1. The highest BCUT2D eigenvalue weighted by atomic mass is 16.5. The molecule has 3 rings (SSSR count). The molecule has 0 spiro atoms. The predicted molar refractivity (Wildman–Crippen MR) is 99.5 cm³/mol. The molecule has 3 aromatic rings. The number of nitrogens with zero attached hydrogens (tertiary/aromatic N) is 2. The van der Waals surface area contributed by atoms with Gasteiger partial charge in [0.2, 0.25) is 0 Å². The maximum Gasteiger partial charge on any atom is 0.292 e. The van der Waals surface area contributed by atoms with Crippen LogP contribution in [0.4, 0.5) is 5.82 Å². The van der Waals surface area contributed by atoms with E-state index in [-0.39, 0.29) is 18.3 Å². The van der Waals surface area contributed by atoms with Crippen molar-refractivity contribution in [1.82, 2.24) is 9.78 Å². The van der Waals surface area contributed by atoms with Gasteiger partial charge < -0.3 is 14.5 Å². The third-order valence-electron chi connectivity index (χ3n) is 4.04. The van der Waals surface area contributed by atoms with Gasteiger partial charge in [-0.15, -0.1) is 0 Å². The molecule has 0 saturated heterocycles. The molecule has 1 amide bonds. The van der Waals surface area contributed by atoms with E-state index in [9.17, 15) is 4.79 Å². The van der Waals surface area contributed by atoms with Gasteiger partial charge in [-0.25, -0.2) is 4.68 Å². The van der Waals surface area contributed by atoms with Crippen LogP contribution >= 0.6 is 0 Å². The van der Waals surface area contributed by atoms with Crippen molar-refractivity contribution in [2.75, 3.05) is 5.32 Å². The Morgan fingerprint density at radius 2 is 1.96 bits per heavy atom. The lowest BCUT2D eigenvalue weighted by molar-refractivity contribution is 0.0991. The summed E-state index contributed by atoms with van der Waals surface area (Å²) < 4.78 is 13.0. The third kappa shape index (κ3) is 4.14. The van der Waals surface area contributed by atoms with Crippen LogP contribution < -0.4 is 10.1 Å². The van der Waals surface area contributed by atoms with Crippen LogP contribution in [0.5, 0.6) is 5.75 Å². The number of hydrogen-bond donors (Lipinski definition) is 1. The summed E-state index contributed by atoms with van der Waals surface area (Å²) in [5.74, 6) is 1.95. The highest BCUT2D eigenvalue weighted by Crippen LogP contribution is 2.17. The summed E-state index contributed by atoms with van der Waals surface area (Å²) in [5.41, 5.74) is 2.11. The second kappa shape index (κ2) is 7.91. The Labute approximate surface area is 152 Å². The van der Waals surface area contributed by atoms with Crippen molar-refractivity contribution in [2.24, 2.45) is 0 Å². The van der Waals surface area contributed by atoms with Gasteiger partial charge in [0.1, 0.15) is 23.9 Å². The van der Waals surface area contributed by atoms with Crippen molar-refractivity contribution in [2.45, 2.75) is 40.3 Å². The molecule has 0 radical (unpaired) electrons. The summed E-state index contributed by atoms with van der Waals surface area (Å²) in [6.07, 6.45) is 0.993. The number of rotatable bonds is 7. The number of ether oxygens (including phenoxy) is 1. The summed E-state index contributed by atoms with van der Waals surface area (Å²) in [6, 6.07) is 13.2. The molecule has 0 saturated carbocycles. The smallest absolute Gasteiger partial charge is 0.292 e. The van der Waals surface area contributed by atoms with Crippen LogP contribution in [0, 0.1) is 6.92 Å². The van der Waals surface area contributed by atoms with E-state index in [1.54, 1.807) is 16.8 Å². The molecular weight excluding hydrogens is 330 g/mol. The number of benzene rings is 1. The standard InChI is InChI=1S/C20H23N3O3/c1-4-15-6-8-16(9-7-15)25-13-17-10-11-18(26-17)20(24)21-19-12-14(3)22-23(19)5-2/h6-12H,4-5,13H2,1-3H3,(H,21,24). The van der Waals surface area contributed by atoms with Crippen molar-refractivity contribution < 1.29 is 13.9 Å². The SMILES string of the molecule is CCc1ccc(OCc2ccc(C(=O)Nc3cc(C)nn3CC)o2)cc1. The van der Waals surface area contributed by atoms with Gasteiger partial charge in [-0.3, -0.25) is 4.79 Å². The number of aryl methyl sites for hydroxylation is 3. The molecule has 0 bridgehead atoms. The molecule has 6 nitrogen and oxygen atoms in total. The molecule has 136 valence electrons. The lowest BCUT2D eigenvalue weighted by Gasteiger charge is -2.06. The summed E-state index contributed by atoms with van der Waals surface area (Å²) in [6.45, 7) is 6.91. The van der Waals surface area contributed by atoms with E-state index in [1.807, 2.05) is 44.2 Å². The second-order valence-corrected chi connectivity index (χ2v) is 5.99. The van der Waals surface area contributed by atoms with Crippen LogP contribution in [0.3, 0.4) is 0 Å². The summed E-state index contributed by atoms with van der Waals surface area (Å²) in [4.78, 5) is 12.4. The van der Waals surface area contributed by atoms with Crippen LogP contribution in [-0.4, -0.2) is 15.7 Å². The maximum absolute atomic E-state index is 12.4. The lowest BCUT2D eigenvalue weighted by Crippen LogP contribution is -2.14. The molecule has 2 heterocycles. The Bertz CT molecular complexity index is 878. The number of carbonyl (C=O) groups is 1. The zero-order chi connectivity index (χ0) is 18.5. The molecule has 0 aliphatic carbocycles. The van der Waals surface area contributed by atoms with E-state index in [0.29, 0.717) is 18.1 Å². The number of anilines is 1. The highest BCUT2D eigenvalue weighted by molar-refractivity contribution is 6.01. The largest absolute Gasteiger partial charge is 0.486 e. The Morgan fingerprint density at radius 3 is 2.65 bits per heavy atom. The highest BCUT2D eigenvalue weighted by Gasteiger charge is 2.14. The molecule has 2 aromatic heterocycles. The number of amides is 1. The van der Waals surface area contributed by atoms with Crippen LogP contribution in [0.1, 0.15) is 41.4 Å². The predicted octanol–water partition coefficient (Wildman–Crippen LogP) is 4.20. The van der Waals surface area contributed by atoms with Gasteiger partial charge in [0.05, 0.1) is 5.69 Å². The normalized spacial score (nSPS) is 10.7. The first-order chi connectivity index (χ1) is 12.6. The molecular formula is C20H23N3O3. The summed E-state index contributed by atoms with van der Waals surface area (Å²) in [5, 5.41) is 7.13. The van der Waals surface area contributed by atoms with Crippen LogP contribution in [0.2, 0.25) is 0 Å². The fourth-order valence-corrected chi connectivity index (χ4v) is 2.62. The van der Waals surface area contributed by atoms with E-state index < -0.39 is 0 Å². The van der Waals surface area contributed by atoms with Crippen molar-refractivity contribution in [3.05, 3.63) is 65.2 Å². The molecule has 0 aliphatic rings. The van der Waals surface area contributed by atoms with E-state index in [0.717, 1.165) is 17.9 Å². The molecule has 6 heteroatoms. The molecule has 0 aliphatic heterocycles. The van der Waals surface area contributed by atoms with E-state index in [1.165, 1.54) is 5.56 Å². The van der Waals surface area contributed by atoms with Gasteiger partial charge in [0.15, 0.2) is 5.76 Å². The zero-order valence-corrected chi connectivity index (χ0v) is 15.3. The van der Waals surface area contributed by atoms with Crippen LogP contribution in [-0.2, 0) is 19.6 Å². The molecule has 1 N–H and O–H groups in total. The number of hydrogen-bond acceptors (Lipinski definition) is 4. The van der Waals surface area contributed by atoms with Gasteiger partial charge in [-0.2, -0.15) is 5.10 Å². The Kier molecular flexibility index (Phi) is 5.41. The van der Waals surface area contributed by atoms with Crippen molar-refractivity contribution >= 4 is 11.7 Å². The third-order valence-corrected chi connectivity index (χ3v) is 4.04. The average Bonchev–Trinajstić information content (AvgIpc) is 3.26. The van der Waals surface area contributed by atoms with Gasteiger partial charge in [-0.1, -0.05) is 19.1 Å². The van der Waals surface area contributed by atoms with Gasteiger partial charge >= 0.3 is 0 Å². The average molecular weight is 353 g/mol. The number of carbonyl (C=O) groups excluding carboxylic acids is 1. The first-order valence-electron chi connectivity index (χ1n) is 8.75. The summed E-state index contributed by atoms with van der Waals surface area (Å²) >= 11 is 0. The molecule has 1 aromatic carbocycles. The van der Waals surface area contributed by atoms with Gasteiger partial charge in [0, 0.05) is 12.6 Å². The Balaban J connectivity index is 1.60. The topological polar surface area (TPSA) is 69.3 Å². The minimum atomic E-state index is -0.307. The van der Waals surface area contributed by atoms with Crippen LogP contribution in [0.25, 0.3) is 0 Å². The van der Waals surface area contributed by atoms with E-state index >= 15 is 0 Å². The van der Waals surface area contributed by atoms with Crippen molar-refractivity contribution in [1.29, 1.82) is 0 Å². The van der Waals surface area contributed by atoms with Crippen molar-refractivity contribution in [3.63, 3.8) is 0 Å². The first kappa shape index (κ1) is 17.8. The molecule has 26 heavy (non-hydrogen) atoms. The first-order valence-corrected chi connectivity index (χ1v) is 8.75. The maximum atomic E-state index is 12.4. The van der Waals surface area contributed by atoms with E-state index in [4.69, 9.17) is 9.15 Å². The van der Waals surface area contributed by atoms with Crippen LogP contribution in [0.15, 0.2) is 46.9 Å². The summed E-state index contributed by atoms with van der Waals surface area (Å²) in [7, 11) is 0. The fourth-order valence-electron chi connectivity index (χ4n) is 2.62. The Morgan fingerprint density at radius 1 is 1.19 bits per heavy atom. The minimum absolute atomic E-state index is 0.242.